The number of benzene rings is 2. The molecule has 0 aliphatic heterocycles. The molecule has 10 heteroatoms. The number of methoxy groups -OCH3 is 1. The van der Waals surface area contributed by atoms with E-state index >= 15 is 0 Å². The Hall–Kier alpha value is -3.66. The van der Waals surface area contributed by atoms with Gasteiger partial charge in [0.05, 0.1) is 18.5 Å². The number of para-hydroxylation sites is 1. The molecule has 0 saturated carbocycles. The Morgan fingerprint density at radius 1 is 1.14 bits per heavy atom. The predicted molar refractivity (Wildman–Crippen MR) is 148 cm³/mol. The molecule has 2 aromatic carbocycles. The van der Waals surface area contributed by atoms with Crippen LogP contribution in [0.15, 0.2) is 57.7 Å². The third-order valence-corrected chi connectivity index (χ3v) is 6.08. The quantitative estimate of drug-likeness (QED) is 0.368. The zero-order valence-electron chi connectivity index (χ0n) is 21.9. The van der Waals surface area contributed by atoms with Gasteiger partial charge in [0.1, 0.15) is 23.0 Å². The van der Waals surface area contributed by atoms with Crippen molar-refractivity contribution in [2.45, 2.75) is 38.8 Å². The summed E-state index contributed by atoms with van der Waals surface area (Å²) in [6.45, 7) is 5.28. The molecule has 1 atom stereocenters. The number of nitrogens with one attached hydrogen (secondary N) is 2. The Morgan fingerprint density at radius 3 is 2.54 bits per heavy atom. The summed E-state index contributed by atoms with van der Waals surface area (Å²) in [5.41, 5.74) is 1.10. The number of carbonyl (C=O) groups excluding carboxylic acids is 2. The van der Waals surface area contributed by atoms with Crippen LogP contribution in [0.4, 0.5) is 21.9 Å². The highest BCUT2D eigenvalue weighted by Crippen LogP contribution is 2.34. The maximum atomic E-state index is 13.2. The second-order valence-corrected chi connectivity index (χ2v) is 10.3. The Bertz CT molecular complexity index is 1320. The average molecular weight is 528 g/mol. The van der Waals surface area contributed by atoms with E-state index in [1.54, 1.807) is 56.8 Å². The molecule has 2 amide bonds. The van der Waals surface area contributed by atoms with Crippen molar-refractivity contribution in [2.75, 3.05) is 36.4 Å². The fourth-order valence-corrected chi connectivity index (χ4v) is 4.16. The van der Waals surface area contributed by atoms with Gasteiger partial charge in [-0.05, 0) is 69.5 Å². The van der Waals surface area contributed by atoms with Gasteiger partial charge in [0.15, 0.2) is 0 Å². The van der Waals surface area contributed by atoms with E-state index in [1.165, 1.54) is 13.2 Å². The van der Waals surface area contributed by atoms with Gasteiger partial charge in [0.25, 0.3) is 0 Å². The van der Waals surface area contributed by atoms with Crippen molar-refractivity contribution in [1.82, 2.24) is 5.32 Å². The Morgan fingerprint density at radius 2 is 1.86 bits per heavy atom. The first kappa shape index (κ1) is 27.9. The van der Waals surface area contributed by atoms with E-state index in [2.05, 4.69) is 10.6 Å². The molecule has 1 heterocycles. The molecule has 0 fully saturated rings. The van der Waals surface area contributed by atoms with Gasteiger partial charge in [0, 0.05) is 24.2 Å². The standard InChI is InChI=1S/C27H33N3O6S/c1-27(2,3)36-26(33)29-19(13-14-37-6)25(32)28-20-15-17(11-12-23(20)34-5)30(4)21-16-24(31)35-22-10-8-7-9-18(21)22/h7-12,15-16,19H,13-14H2,1-6H3,(H,28,32)(H,29,33). The van der Waals surface area contributed by atoms with Crippen LogP contribution < -0.4 is 25.9 Å². The van der Waals surface area contributed by atoms with Crippen molar-refractivity contribution >= 4 is 51.8 Å². The van der Waals surface area contributed by atoms with Crippen LogP contribution in [0.25, 0.3) is 11.0 Å². The number of hydrogen-bond donors (Lipinski definition) is 2. The summed E-state index contributed by atoms with van der Waals surface area (Å²) in [7, 11) is 3.33. The van der Waals surface area contributed by atoms with Gasteiger partial charge >= 0.3 is 11.7 Å². The lowest BCUT2D eigenvalue weighted by Gasteiger charge is -2.24. The molecule has 0 aliphatic carbocycles. The predicted octanol–water partition coefficient (Wildman–Crippen LogP) is 5.15. The van der Waals surface area contributed by atoms with Crippen LogP contribution in [-0.2, 0) is 9.53 Å². The minimum atomic E-state index is -0.809. The van der Waals surface area contributed by atoms with E-state index in [0.717, 1.165) is 5.39 Å². The van der Waals surface area contributed by atoms with Crippen LogP contribution in [0.2, 0.25) is 0 Å². The van der Waals surface area contributed by atoms with E-state index in [9.17, 15) is 14.4 Å². The van der Waals surface area contributed by atoms with Crippen molar-refractivity contribution in [3.63, 3.8) is 0 Å². The number of alkyl carbamates (subject to hydrolysis) is 1. The first-order chi connectivity index (χ1) is 17.5. The fourth-order valence-electron chi connectivity index (χ4n) is 3.69. The number of ether oxygens (including phenoxy) is 2. The lowest BCUT2D eigenvalue weighted by molar-refractivity contribution is -0.118. The lowest BCUT2D eigenvalue weighted by Crippen LogP contribution is -2.46. The minimum Gasteiger partial charge on any atom is -0.495 e. The van der Waals surface area contributed by atoms with Gasteiger partial charge in [-0.2, -0.15) is 11.8 Å². The molecule has 0 bridgehead atoms. The number of fused-ring (bicyclic) bond motifs is 1. The Kier molecular flexibility index (Phi) is 9.09. The first-order valence-electron chi connectivity index (χ1n) is 11.8. The second kappa shape index (κ2) is 12.1. The van der Waals surface area contributed by atoms with E-state index < -0.39 is 29.3 Å². The molecule has 0 saturated heterocycles. The highest BCUT2D eigenvalue weighted by molar-refractivity contribution is 7.98. The van der Waals surface area contributed by atoms with Gasteiger partial charge < -0.3 is 29.4 Å². The van der Waals surface area contributed by atoms with Crippen molar-refractivity contribution in [3.8, 4) is 5.75 Å². The monoisotopic (exact) mass is 527 g/mol. The number of nitrogens with zero attached hydrogens (tertiary/aromatic N) is 1. The molecule has 2 N–H and O–H groups in total. The summed E-state index contributed by atoms with van der Waals surface area (Å²) in [5.74, 6) is 0.713. The molecule has 0 aliphatic rings. The lowest BCUT2D eigenvalue weighted by atomic mass is 10.1. The van der Waals surface area contributed by atoms with Crippen LogP contribution in [0.3, 0.4) is 0 Å². The van der Waals surface area contributed by atoms with Crippen LogP contribution in [0.1, 0.15) is 27.2 Å². The summed E-state index contributed by atoms with van der Waals surface area (Å²) in [4.78, 5) is 39.6. The molecule has 1 unspecified atom stereocenters. The molecule has 37 heavy (non-hydrogen) atoms. The van der Waals surface area contributed by atoms with Gasteiger partial charge in [-0.25, -0.2) is 9.59 Å². The molecule has 0 radical (unpaired) electrons. The smallest absolute Gasteiger partial charge is 0.408 e. The number of thioether (sulfide) groups is 1. The molecular weight excluding hydrogens is 494 g/mol. The van der Waals surface area contributed by atoms with E-state index in [4.69, 9.17) is 13.9 Å². The highest BCUT2D eigenvalue weighted by Gasteiger charge is 2.25. The molecule has 3 aromatic rings. The number of rotatable bonds is 9. The summed E-state index contributed by atoms with van der Waals surface area (Å²) in [6.07, 6.45) is 1.68. The molecule has 198 valence electrons. The maximum Gasteiger partial charge on any atom is 0.408 e. The first-order valence-corrected chi connectivity index (χ1v) is 13.2. The fraction of sp³-hybridized carbons (Fsp3) is 0.370. The van der Waals surface area contributed by atoms with Crippen LogP contribution in [0, 0.1) is 0 Å². The van der Waals surface area contributed by atoms with Gasteiger partial charge in [0.2, 0.25) is 5.91 Å². The molecule has 9 nitrogen and oxygen atoms in total. The van der Waals surface area contributed by atoms with Crippen molar-refractivity contribution in [3.05, 3.63) is 59.0 Å². The van der Waals surface area contributed by atoms with E-state index in [1.807, 2.05) is 36.4 Å². The second-order valence-electron chi connectivity index (χ2n) is 9.36. The zero-order chi connectivity index (χ0) is 27.2. The number of anilines is 3. The van der Waals surface area contributed by atoms with Gasteiger partial charge in [-0.3, -0.25) is 4.79 Å². The zero-order valence-corrected chi connectivity index (χ0v) is 22.7. The van der Waals surface area contributed by atoms with Gasteiger partial charge in [-0.15, -0.1) is 0 Å². The van der Waals surface area contributed by atoms with Crippen LogP contribution in [-0.4, -0.2) is 49.8 Å². The average Bonchev–Trinajstić information content (AvgIpc) is 2.84. The Balaban J connectivity index is 1.90. The number of amides is 2. The topological polar surface area (TPSA) is 110 Å². The third kappa shape index (κ3) is 7.42. The Labute approximate surface area is 220 Å². The number of carbonyl (C=O) groups is 2. The van der Waals surface area contributed by atoms with Crippen molar-refractivity contribution < 1.29 is 23.5 Å². The van der Waals surface area contributed by atoms with E-state index in [-0.39, 0.29) is 0 Å². The summed E-state index contributed by atoms with van der Waals surface area (Å²) < 4.78 is 16.1. The van der Waals surface area contributed by atoms with Crippen molar-refractivity contribution in [2.24, 2.45) is 0 Å². The maximum absolute atomic E-state index is 13.2. The van der Waals surface area contributed by atoms with Gasteiger partial charge in [-0.1, -0.05) is 12.1 Å². The highest BCUT2D eigenvalue weighted by atomic mass is 32.2. The normalized spacial score (nSPS) is 12.1. The van der Waals surface area contributed by atoms with E-state index in [0.29, 0.717) is 40.6 Å². The number of hydrogen-bond acceptors (Lipinski definition) is 8. The largest absolute Gasteiger partial charge is 0.495 e. The minimum absolute atomic E-state index is 0.399. The molecule has 1 aromatic heterocycles. The summed E-state index contributed by atoms with van der Waals surface area (Å²) in [5, 5.41) is 6.32. The SMILES string of the molecule is COc1ccc(N(C)c2cc(=O)oc3ccccc23)cc1NC(=O)C(CCSC)NC(=O)OC(C)(C)C. The van der Waals surface area contributed by atoms with Crippen molar-refractivity contribution in [1.29, 1.82) is 0 Å². The molecule has 0 spiro atoms. The third-order valence-electron chi connectivity index (χ3n) is 5.44. The van der Waals surface area contributed by atoms with Crippen LogP contribution in [0.5, 0.6) is 5.75 Å². The molecule has 3 rings (SSSR count). The van der Waals surface area contributed by atoms with Crippen LogP contribution >= 0.6 is 11.8 Å². The summed E-state index contributed by atoms with van der Waals surface area (Å²) in [6, 6.07) is 13.2. The summed E-state index contributed by atoms with van der Waals surface area (Å²) >= 11 is 1.57. The molecular formula is C27H33N3O6S.